The standard InChI is InChI=1S/C9H16FNO/c10-5-8(12)6-11-4-3-9(11)7-1-2-7/h7-9,12H,1-6H2. The van der Waals surface area contributed by atoms with Crippen LogP contribution in [0, 0.1) is 5.92 Å². The quantitative estimate of drug-likeness (QED) is 0.679. The number of hydrogen-bond donors (Lipinski definition) is 1. The summed E-state index contributed by atoms with van der Waals surface area (Å²) in [7, 11) is 0. The zero-order chi connectivity index (χ0) is 8.55. The first-order chi connectivity index (χ1) is 5.81. The fourth-order valence-corrected chi connectivity index (χ4v) is 2.02. The molecule has 1 N–H and O–H groups in total. The van der Waals surface area contributed by atoms with Gasteiger partial charge in [0.05, 0.1) is 6.10 Å². The average molecular weight is 173 g/mol. The lowest BCUT2D eigenvalue weighted by Gasteiger charge is -2.42. The summed E-state index contributed by atoms with van der Waals surface area (Å²) in [5.41, 5.74) is 0. The fraction of sp³-hybridized carbons (Fsp3) is 1.00. The summed E-state index contributed by atoms with van der Waals surface area (Å²) in [6, 6.07) is 0.672. The highest BCUT2D eigenvalue weighted by molar-refractivity contribution is 4.95. The van der Waals surface area contributed by atoms with Gasteiger partial charge in [0.25, 0.3) is 0 Å². The van der Waals surface area contributed by atoms with E-state index in [1.165, 1.54) is 19.3 Å². The lowest BCUT2D eigenvalue weighted by atomic mass is 9.98. The molecule has 0 aromatic heterocycles. The number of rotatable bonds is 4. The SMILES string of the molecule is OC(CF)CN1CCC1C1CC1. The second kappa shape index (κ2) is 3.30. The van der Waals surface area contributed by atoms with E-state index in [2.05, 4.69) is 4.90 Å². The lowest BCUT2D eigenvalue weighted by molar-refractivity contribution is 0.0130. The molecule has 2 rings (SSSR count). The topological polar surface area (TPSA) is 23.5 Å². The largest absolute Gasteiger partial charge is 0.389 e. The Hall–Kier alpha value is -0.150. The predicted octanol–water partition coefficient (Wildman–Crippen LogP) is 0.801. The highest BCUT2D eigenvalue weighted by atomic mass is 19.1. The second-order valence-electron chi connectivity index (χ2n) is 4.00. The van der Waals surface area contributed by atoms with Crippen LogP contribution in [0.5, 0.6) is 0 Å². The van der Waals surface area contributed by atoms with Gasteiger partial charge in [-0.3, -0.25) is 4.90 Å². The Balaban J connectivity index is 1.73. The maximum absolute atomic E-state index is 12.0. The van der Waals surface area contributed by atoms with E-state index in [0.717, 1.165) is 12.5 Å². The Morgan fingerprint density at radius 3 is 2.58 bits per heavy atom. The number of aliphatic hydroxyl groups is 1. The zero-order valence-electron chi connectivity index (χ0n) is 7.25. The van der Waals surface area contributed by atoms with E-state index in [9.17, 15) is 4.39 Å². The van der Waals surface area contributed by atoms with Crippen molar-refractivity contribution < 1.29 is 9.50 Å². The Morgan fingerprint density at radius 2 is 2.17 bits per heavy atom. The normalized spacial score (nSPS) is 33.0. The molecule has 1 aliphatic carbocycles. The Morgan fingerprint density at radius 1 is 1.42 bits per heavy atom. The molecule has 2 unspecified atom stereocenters. The van der Waals surface area contributed by atoms with Crippen molar-refractivity contribution in [2.24, 2.45) is 5.92 Å². The van der Waals surface area contributed by atoms with Gasteiger partial charge in [-0.05, 0) is 25.2 Å². The summed E-state index contributed by atoms with van der Waals surface area (Å²) in [5.74, 6) is 0.866. The van der Waals surface area contributed by atoms with Gasteiger partial charge >= 0.3 is 0 Å². The van der Waals surface area contributed by atoms with E-state index in [-0.39, 0.29) is 0 Å². The molecule has 3 heteroatoms. The molecule has 12 heavy (non-hydrogen) atoms. The van der Waals surface area contributed by atoms with E-state index in [1.54, 1.807) is 0 Å². The number of β-amino-alcohol motifs (C(OH)–C–C–N with tert-alkyl or cyclic N) is 1. The zero-order valence-corrected chi connectivity index (χ0v) is 7.25. The van der Waals surface area contributed by atoms with Gasteiger partial charge in [0.2, 0.25) is 0 Å². The van der Waals surface area contributed by atoms with Crippen LogP contribution in [0.1, 0.15) is 19.3 Å². The molecule has 0 radical (unpaired) electrons. The summed E-state index contributed by atoms with van der Waals surface area (Å²) < 4.78 is 12.0. The minimum absolute atomic E-state index is 0.539. The van der Waals surface area contributed by atoms with Gasteiger partial charge in [-0.15, -0.1) is 0 Å². The molecule has 1 heterocycles. The molecule has 1 saturated carbocycles. The van der Waals surface area contributed by atoms with Gasteiger partial charge in [0.1, 0.15) is 6.67 Å². The van der Waals surface area contributed by atoms with E-state index in [0.29, 0.717) is 12.6 Å². The molecule has 0 aromatic rings. The number of halogens is 1. The smallest absolute Gasteiger partial charge is 0.117 e. The summed E-state index contributed by atoms with van der Waals surface area (Å²) in [4.78, 5) is 2.22. The molecule has 2 fully saturated rings. The maximum atomic E-state index is 12.0. The molecular weight excluding hydrogens is 157 g/mol. The molecule has 0 bridgehead atoms. The van der Waals surface area contributed by atoms with Crippen LogP contribution < -0.4 is 0 Å². The summed E-state index contributed by atoms with van der Waals surface area (Å²) in [5, 5.41) is 9.10. The van der Waals surface area contributed by atoms with Crippen LogP contribution >= 0.6 is 0 Å². The van der Waals surface area contributed by atoms with Crippen LogP contribution in [-0.4, -0.2) is 41.9 Å². The lowest BCUT2D eigenvalue weighted by Crippen LogP contribution is -2.52. The van der Waals surface area contributed by atoms with E-state index in [1.807, 2.05) is 0 Å². The maximum Gasteiger partial charge on any atom is 0.117 e. The van der Waals surface area contributed by atoms with Crippen molar-refractivity contribution in [3.8, 4) is 0 Å². The molecule has 70 valence electrons. The van der Waals surface area contributed by atoms with Gasteiger partial charge in [0.15, 0.2) is 0 Å². The van der Waals surface area contributed by atoms with E-state index in [4.69, 9.17) is 5.11 Å². The van der Waals surface area contributed by atoms with Crippen LogP contribution in [0.25, 0.3) is 0 Å². The molecular formula is C9H16FNO. The Kier molecular flexibility index (Phi) is 2.33. The highest BCUT2D eigenvalue weighted by Crippen LogP contribution is 2.40. The molecule has 0 spiro atoms. The van der Waals surface area contributed by atoms with Crippen LogP contribution in [0.15, 0.2) is 0 Å². The van der Waals surface area contributed by atoms with Crippen molar-refractivity contribution >= 4 is 0 Å². The average Bonchev–Trinajstić information content (AvgIpc) is 2.81. The van der Waals surface area contributed by atoms with Crippen LogP contribution in [0.2, 0.25) is 0 Å². The first kappa shape index (κ1) is 8.45. The summed E-state index contributed by atoms with van der Waals surface area (Å²) >= 11 is 0. The van der Waals surface area contributed by atoms with Crippen molar-refractivity contribution in [3.05, 3.63) is 0 Å². The molecule has 0 amide bonds. The van der Waals surface area contributed by atoms with Gasteiger partial charge in [-0.25, -0.2) is 4.39 Å². The Bertz CT molecular complexity index is 161. The summed E-state index contributed by atoms with van der Waals surface area (Å²) in [6.07, 6.45) is 3.18. The van der Waals surface area contributed by atoms with Crippen molar-refractivity contribution in [2.45, 2.75) is 31.4 Å². The van der Waals surface area contributed by atoms with Crippen molar-refractivity contribution in [1.29, 1.82) is 0 Å². The van der Waals surface area contributed by atoms with Gasteiger partial charge in [-0.2, -0.15) is 0 Å². The first-order valence-corrected chi connectivity index (χ1v) is 4.79. The third-order valence-corrected chi connectivity index (χ3v) is 2.97. The highest BCUT2D eigenvalue weighted by Gasteiger charge is 2.40. The van der Waals surface area contributed by atoms with Crippen molar-refractivity contribution in [1.82, 2.24) is 4.90 Å². The van der Waals surface area contributed by atoms with E-state index >= 15 is 0 Å². The summed E-state index contributed by atoms with van der Waals surface area (Å²) in [6.45, 7) is 0.990. The van der Waals surface area contributed by atoms with Crippen LogP contribution in [0.3, 0.4) is 0 Å². The number of nitrogens with zero attached hydrogens (tertiary/aromatic N) is 1. The van der Waals surface area contributed by atoms with Gasteiger partial charge in [-0.1, -0.05) is 0 Å². The van der Waals surface area contributed by atoms with E-state index < -0.39 is 12.8 Å². The predicted molar refractivity (Wildman–Crippen MR) is 44.7 cm³/mol. The minimum atomic E-state index is -0.758. The molecule has 2 nitrogen and oxygen atoms in total. The Labute approximate surface area is 72.4 Å². The molecule has 1 aliphatic heterocycles. The number of alkyl halides is 1. The second-order valence-corrected chi connectivity index (χ2v) is 4.00. The molecule has 2 atom stereocenters. The number of hydrogen-bond acceptors (Lipinski definition) is 2. The van der Waals surface area contributed by atoms with Crippen molar-refractivity contribution in [2.75, 3.05) is 19.8 Å². The number of likely N-dealkylation sites (tertiary alicyclic amines) is 1. The molecule has 0 aromatic carbocycles. The minimum Gasteiger partial charge on any atom is -0.389 e. The fourth-order valence-electron chi connectivity index (χ4n) is 2.02. The number of aliphatic hydroxyl groups excluding tert-OH is 1. The molecule has 2 aliphatic rings. The van der Waals surface area contributed by atoms with Gasteiger partial charge < -0.3 is 5.11 Å². The van der Waals surface area contributed by atoms with Gasteiger partial charge in [0, 0.05) is 19.1 Å². The monoisotopic (exact) mass is 173 g/mol. The third-order valence-electron chi connectivity index (χ3n) is 2.97. The van der Waals surface area contributed by atoms with Crippen molar-refractivity contribution in [3.63, 3.8) is 0 Å². The van der Waals surface area contributed by atoms with Crippen LogP contribution in [-0.2, 0) is 0 Å². The third kappa shape index (κ3) is 1.62. The first-order valence-electron chi connectivity index (χ1n) is 4.79. The molecule has 1 saturated heterocycles. The van der Waals surface area contributed by atoms with Crippen LogP contribution in [0.4, 0.5) is 4.39 Å².